The molecule has 6 heteroatoms. The standard InChI is InChI=1S/C12H15NO4S/c1-8(18(3,16)17)12(15)10-4-6-11(7-5-10)13-9(2)14/h4-8H,1-3H3,(H,13,14). The molecule has 0 aliphatic heterocycles. The molecule has 0 heterocycles. The van der Waals surface area contributed by atoms with E-state index in [4.69, 9.17) is 0 Å². The van der Waals surface area contributed by atoms with Gasteiger partial charge in [-0.2, -0.15) is 0 Å². The summed E-state index contributed by atoms with van der Waals surface area (Å²) in [6, 6.07) is 6.11. The fraction of sp³-hybridized carbons (Fsp3) is 0.333. The van der Waals surface area contributed by atoms with Crippen LogP contribution < -0.4 is 5.32 Å². The molecule has 0 aromatic heterocycles. The van der Waals surface area contributed by atoms with Gasteiger partial charge in [0.15, 0.2) is 15.6 Å². The highest BCUT2D eigenvalue weighted by Crippen LogP contribution is 2.13. The monoisotopic (exact) mass is 269 g/mol. The largest absolute Gasteiger partial charge is 0.326 e. The summed E-state index contributed by atoms with van der Waals surface area (Å²) in [5.41, 5.74) is 0.869. The summed E-state index contributed by atoms with van der Waals surface area (Å²) in [7, 11) is -3.40. The number of rotatable bonds is 4. The van der Waals surface area contributed by atoms with E-state index < -0.39 is 20.9 Å². The third-order valence-electron chi connectivity index (χ3n) is 2.50. The molecular weight excluding hydrogens is 254 g/mol. The number of benzene rings is 1. The van der Waals surface area contributed by atoms with Crippen molar-refractivity contribution >= 4 is 27.2 Å². The predicted molar refractivity (Wildman–Crippen MR) is 69.4 cm³/mol. The fourth-order valence-corrected chi connectivity index (χ4v) is 1.88. The summed E-state index contributed by atoms with van der Waals surface area (Å²) in [6.07, 6.45) is 1.03. The van der Waals surface area contributed by atoms with E-state index in [1.54, 1.807) is 12.1 Å². The van der Waals surface area contributed by atoms with Gasteiger partial charge in [-0.05, 0) is 31.2 Å². The van der Waals surface area contributed by atoms with Crippen molar-refractivity contribution in [2.45, 2.75) is 19.1 Å². The van der Waals surface area contributed by atoms with E-state index in [0.717, 1.165) is 6.26 Å². The Hall–Kier alpha value is -1.69. The maximum Gasteiger partial charge on any atom is 0.221 e. The lowest BCUT2D eigenvalue weighted by Crippen LogP contribution is -2.26. The van der Waals surface area contributed by atoms with Gasteiger partial charge in [-0.3, -0.25) is 9.59 Å². The second kappa shape index (κ2) is 5.30. The van der Waals surface area contributed by atoms with E-state index in [-0.39, 0.29) is 5.91 Å². The Balaban J connectivity index is 2.92. The number of amides is 1. The van der Waals surface area contributed by atoms with Gasteiger partial charge in [0.05, 0.1) is 0 Å². The van der Waals surface area contributed by atoms with E-state index in [0.29, 0.717) is 11.3 Å². The van der Waals surface area contributed by atoms with E-state index in [9.17, 15) is 18.0 Å². The lowest BCUT2D eigenvalue weighted by molar-refractivity contribution is -0.114. The SMILES string of the molecule is CC(=O)Nc1ccc(C(=O)C(C)S(C)(=O)=O)cc1. The Kier molecular flexibility index (Phi) is 4.24. The highest BCUT2D eigenvalue weighted by atomic mass is 32.2. The molecule has 0 saturated heterocycles. The van der Waals surface area contributed by atoms with Gasteiger partial charge in [0.25, 0.3) is 0 Å². The van der Waals surface area contributed by atoms with Crippen molar-refractivity contribution < 1.29 is 18.0 Å². The van der Waals surface area contributed by atoms with Crippen LogP contribution in [-0.2, 0) is 14.6 Å². The molecule has 5 nitrogen and oxygen atoms in total. The molecule has 98 valence electrons. The average molecular weight is 269 g/mol. The van der Waals surface area contributed by atoms with Crippen LogP contribution in [0.25, 0.3) is 0 Å². The Labute approximate surface area is 106 Å². The summed E-state index contributed by atoms with van der Waals surface area (Å²) < 4.78 is 22.6. The molecule has 1 amide bonds. The zero-order valence-corrected chi connectivity index (χ0v) is 11.2. The molecule has 0 bridgehead atoms. The van der Waals surface area contributed by atoms with Crippen molar-refractivity contribution in [1.29, 1.82) is 0 Å². The first-order valence-electron chi connectivity index (χ1n) is 5.32. The Morgan fingerprint density at radius 3 is 2.06 bits per heavy atom. The van der Waals surface area contributed by atoms with Gasteiger partial charge in [-0.15, -0.1) is 0 Å². The second-order valence-electron chi connectivity index (χ2n) is 4.09. The van der Waals surface area contributed by atoms with Gasteiger partial charge >= 0.3 is 0 Å². The maximum absolute atomic E-state index is 11.9. The van der Waals surface area contributed by atoms with Crippen molar-refractivity contribution in [2.24, 2.45) is 0 Å². The van der Waals surface area contributed by atoms with Crippen LogP contribution >= 0.6 is 0 Å². The molecule has 0 spiro atoms. The van der Waals surface area contributed by atoms with E-state index in [1.165, 1.54) is 26.0 Å². The molecule has 1 unspecified atom stereocenters. The van der Waals surface area contributed by atoms with Gasteiger partial charge in [-0.25, -0.2) is 8.42 Å². The zero-order valence-electron chi connectivity index (χ0n) is 10.4. The van der Waals surface area contributed by atoms with Gasteiger partial charge in [0.2, 0.25) is 5.91 Å². The summed E-state index contributed by atoms with van der Waals surface area (Å²) in [6.45, 7) is 2.74. The number of hydrogen-bond donors (Lipinski definition) is 1. The van der Waals surface area contributed by atoms with E-state index in [2.05, 4.69) is 5.32 Å². The minimum Gasteiger partial charge on any atom is -0.326 e. The average Bonchev–Trinajstić information content (AvgIpc) is 2.26. The number of sulfone groups is 1. The van der Waals surface area contributed by atoms with Crippen molar-refractivity contribution in [3.8, 4) is 0 Å². The lowest BCUT2D eigenvalue weighted by atomic mass is 10.1. The molecule has 1 rings (SSSR count). The van der Waals surface area contributed by atoms with Crippen LogP contribution in [-0.4, -0.2) is 31.6 Å². The number of hydrogen-bond acceptors (Lipinski definition) is 4. The number of anilines is 1. The first-order chi connectivity index (χ1) is 8.21. The topological polar surface area (TPSA) is 80.3 Å². The van der Waals surface area contributed by atoms with Crippen LogP contribution in [0.15, 0.2) is 24.3 Å². The second-order valence-corrected chi connectivity index (χ2v) is 6.46. The first-order valence-corrected chi connectivity index (χ1v) is 7.28. The van der Waals surface area contributed by atoms with Gasteiger partial charge in [0, 0.05) is 24.4 Å². The van der Waals surface area contributed by atoms with Crippen molar-refractivity contribution in [3.63, 3.8) is 0 Å². The summed E-state index contributed by atoms with van der Waals surface area (Å²) in [5.74, 6) is -0.662. The van der Waals surface area contributed by atoms with Crippen molar-refractivity contribution in [3.05, 3.63) is 29.8 Å². The van der Waals surface area contributed by atoms with Crippen LogP contribution in [0.4, 0.5) is 5.69 Å². The van der Waals surface area contributed by atoms with Crippen molar-refractivity contribution in [2.75, 3.05) is 11.6 Å². The summed E-state index contributed by atoms with van der Waals surface area (Å²) in [5, 5.41) is 1.50. The fourth-order valence-electron chi connectivity index (χ4n) is 1.35. The zero-order chi connectivity index (χ0) is 13.9. The quantitative estimate of drug-likeness (QED) is 0.834. The number of carbonyl (C=O) groups is 2. The maximum atomic E-state index is 11.9. The van der Waals surface area contributed by atoms with E-state index >= 15 is 0 Å². The predicted octanol–water partition coefficient (Wildman–Crippen LogP) is 1.26. The van der Waals surface area contributed by atoms with Crippen LogP contribution in [0.5, 0.6) is 0 Å². The van der Waals surface area contributed by atoms with Crippen LogP contribution in [0, 0.1) is 0 Å². The van der Waals surface area contributed by atoms with Crippen LogP contribution in [0.1, 0.15) is 24.2 Å². The third kappa shape index (κ3) is 3.66. The highest BCUT2D eigenvalue weighted by Gasteiger charge is 2.24. The molecule has 0 fully saturated rings. The minimum absolute atomic E-state index is 0.210. The number of ketones is 1. The van der Waals surface area contributed by atoms with Crippen molar-refractivity contribution in [1.82, 2.24) is 0 Å². The number of nitrogens with one attached hydrogen (secondary N) is 1. The minimum atomic E-state index is -3.40. The van der Waals surface area contributed by atoms with Gasteiger partial charge in [-0.1, -0.05) is 0 Å². The Morgan fingerprint density at radius 2 is 1.67 bits per heavy atom. The summed E-state index contributed by atoms with van der Waals surface area (Å²) in [4.78, 5) is 22.7. The number of Topliss-reactive ketones (excluding diaryl/α,β-unsaturated/α-hetero) is 1. The van der Waals surface area contributed by atoms with Crippen LogP contribution in [0.2, 0.25) is 0 Å². The molecule has 1 N–H and O–H groups in total. The molecule has 1 aromatic rings. The molecule has 18 heavy (non-hydrogen) atoms. The smallest absolute Gasteiger partial charge is 0.221 e. The molecule has 0 aliphatic carbocycles. The molecule has 0 saturated carbocycles. The van der Waals surface area contributed by atoms with Crippen LogP contribution in [0.3, 0.4) is 0 Å². The lowest BCUT2D eigenvalue weighted by Gasteiger charge is -2.09. The molecule has 1 atom stereocenters. The molecular formula is C12H15NO4S. The van der Waals surface area contributed by atoms with E-state index in [1.807, 2.05) is 0 Å². The molecule has 0 aliphatic rings. The first kappa shape index (κ1) is 14.4. The number of carbonyl (C=O) groups excluding carboxylic acids is 2. The molecule has 0 radical (unpaired) electrons. The van der Waals surface area contributed by atoms with Gasteiger partial charge in [0.1, 0.15) is 5.25 Å². The Bertz CT molecular complexity index is 560. The third-order valence-corrected chi connectivity index (χ3v) is 4.00. The summed E-state index contributed by atoms with van der Waals surface area (Å²) >= 11 is 0. The molecule has 1 aromatic carbocycles. The Morgan fingerprint density at radius 1 is 1.17 bits per heavy atom. The van der Waals surface area contributed by atoms with Gasteiger partial charge < -0.3 is 5.32 Å². The normalized spacial score (nSPS) is 12.8. The highest BCUT2D eigenvalue weighted by molar-refractivity contribution is 7.92.